The lowest BCUT2D eigenvalue weighted by atomic mass is 10.2. The molecular weight excluding hydrogens is 236 g/mol. The molecule has 1 aliphatic heterocycles. The fraction of sp³-hybridized carbons (Fsp3) is 0.800. The topological polar surface area (TPSA) is 33.1 Å². The highest BCUT2D eigenvalue weighted by molar-refractivity contribution is 5.30. The third-order valence-electron chi connectivity index (χ3n) is 4.32. The van der Waals surface area contributed by atoms with Crippen LogP contribution < -0.4 is 5.32 Å². The molecule has 1 unspecified atom stereocenters. The third-order valence-corrected chi connectivity index (χ3v) is 4.32. The summed E-state index contributed by atoms with van der Waals surface area (Å²) in [5.74, 6) is 1.08. The standard InChI is InChI=1S/C15H26N4/c1-3-4-8-16-15-17-12(2)10-19(15)14-7-9-18(11-14)13-5-6-13/h10,13-14H,3-9,11H2,1-2H3,(H,16,17). The predicted molar refractivity (Wildman–Crippen MR) is 78.6 cm³/mol. The molecule has 1 aromatic rings. The molecule has 0 radical (unpaired) electrons. The smallest absolute Gasteiger partial charge is 0.203 e. The minimum Gasteiger partial charge on any atom is -0.356 e. The Hall–Kier alpha value is -1.03. The number of rotatable bonds is 6. The Balaban J connectivity index is 1.65. The Morgan fingerprint density at radius 1 is 1.32 bits per heavy atom. The van der Waals surface area contributed by atoms with Crippen molar-refractivity contribution in [2.45, 2.75) is 58.0 Å². The van der Waals surface area contributed by atoms with Crippen LogP contribution in [-0.2, 0) is 0 Å². The summed E-state index contributed by atoms with van der Waals surface area (Å²) in [6.45, 7) is 7.83. The zero-order chi connectivity index (χ0) is 13.2. The van der Waals surface area contributed by atoms with Crippen LogP contribution in [0, 0.1) is 6.92 Å². The van der Waals surface area contributed by atoms with E-state index in [-0.39, 0.29) is 0 Å². The third kappa shape index (κ3) is 2.94. The van der Waals surface area contributed by atoms with E-state index in [0.717, 1.165) is 24.2 Å². The van der Waals surface area contributed by atoms with Crippen molar-refractivity contribution in [3.8, 4) is 0 Å². The highest BCUT2D eigenvalue weighted by Crippen LogP contribution is 2.34. The van der Waals surface area contributed by atoms with E-state index < -0.39 is 0 Å². The van der Waals surface area contributed by atoms with Gasteiger partial charge in [0.1, 0.15) is 0 Å². The van der Waals surface area contributed by atoms with Crippen molar-refractivity contribution in [2.24, 2.45) is 0 Å². The Morgan fingerprint density at radius 2 is 2.16 bits per heavy atom. The summed E-state index contributed by atoms with van der Waals surface area (Å²) < 4.78 is 2.38. The molecule has 1 aliphatic carbocycles. The summed E-state index contributed by atoms with van der Waals surface area (Å²) in [5, 5.41) is 3.50. The molecule has 1 saturated heterocycles. The van der Waals surface area contributed by atoms with Crippen LogP contribution in [0.2, 0.25) is 0 Å². The van der Waals surface area contributed by atoms with Crippen LogP contribution in [0.4, 0.5) is 5.95 Å². The fourth-order valence-corrected chi connectivity index (χ4v) is 3.07. The number of aromatic nitrogens is 2. The van der Waals surface area contributed by atoms with E-state index in [1.807, 2.05) is 0 Å². The van der Waals surface area contributed by atoms with Gasteiger partial charge < -0.3 is 9.88 Å². The van der Waals surface area contributed by atoms with Gasteiger partial charge in [0.25, 0.3) is 0 Å². The summed E-state index contributed by atoms with van der Waals surface area (Å²) in [7, 11) is 0. The average Bonchev–Trinajstić information content (AvgIpc) is 3.01. The molecule has 4 heteroatoms. The van der Waals surface area contributed by atoms with Crippen LogP contribution in [0.5, 0.6) is 0 Å². The summed E-state index contributed by atoms with van der Waals surface area (Å²) >= 11 is 0. The molecule has 2 heterocycles. The molecule has 1 aromatic heterocycles. The van der Waals surface area contributed by atoms with E-state index in [4.69, 9.17) is 0 Å². The van der Waals surface area contributed by atoms with E-state index in [0.29, 0.717) is 6.04 Å². The maximum atomic E-state index is 4.65. The molecule has 1 N–H and O–H groups in total. The molecule has 1 atom stereocenters. The normalized spacial score (nSPS) is 24.0. The summed E-state index contributed by atoms with van der Waals surface area (Å²) in [6, 6.07) is 1.51. The highest BCUT2D eigenvalue weighted by Gasteiger charge is 2.35. The minimum absolute atomic E-state index is 0.617. The van der Waals surface area contributed by atoms with Crippen LogP contribution in [0.1, 0.15) is 50.8 Å². The number of nitrogens with zero attached hydrogens (tertiary/aromatic N) is 3. The van der Waals surface area contributed by atoms with E-state index in [1.165, 1.54) is 45.2 Å². The van der Waals surface area contributed by atoms with Crippen molar-refractivity contribution in [3.63, 3.8) is 0 Å². The van der Waals surface area contributed by atoms with Gasteiger partial charge in [0.05, 0.1) is 11.7 Å². The average molecular weight is 262 g/mol. The van der Waals surface area contributed by atoms with Gasteiger partial charge in [0.2, 0.25) is 5.95 Å². The number of hydrogen-bond donors (Lipinski definition) is 1. The Bertz CT molecular complexity index is 422. The molecule has 3 rings (SSSR count). The molecule has 0 spiro atoms. The molecule has 1 saturated carbocycles. The summed E-state index contributed by atoms with van der Waals surface area (Å²) in [4.78, 5) is 7.31. The van der Waals surface area contributed by atoms with Gasteiger partial charge in [-0.2, -0.15) is 0 Å². The first-order valence-corrected chi connectivity index (χ1v) is 7.81. The number of unbranched alkanes of at least 4 members (excludes halogenated alkanes) is 1. The second-order valence-corrected chi connectivity index (χ2v) is 6.06. The fourth-order valence-electron chi connectivity index (χ4n) is 3.07. The largest absolute Gasteiger partial charge is 0.356 e. The molecule has 0 aromatic carbocycles. The van der Waals surface area contributed by atoms with E-state index in [1.54, 1.807) is 0 Å². The van der Waals surface area contributed by atoms with Crippen molar-refractivity contribution in [3.05, 3.63) is 11.9 Å². The lowest BCUT2D eigenvalue weighted by molar-refractivity contribution is 0.314. The molecule has 4 nitrogen and oxygen atoms in total. The molecule has 0 amide bonds. The van der Waals surface area contributed by atoms with Crippen LogP contribution in [-0.4, -0.2) is 40.1 Å². The van der Waals surface area contributed by atoms with Gasteiger partial charge in [-0.1, -0.05) is 13.3 Å². The number of anilines is 1. The van der Waals surface area contributed by atoms with E-state index in [2.05, 4.69) is 39.8 Å². The number of aryl methyl sites for hydroxylation is 1. The molecule has 106 valence electrons. The van der Waals surface area contributed by atoms with Crippen LogP contribution >= 0.6 is 0 Å². The zero-order valence-corrected chi connectivity index (χ0v) is 12.2. The zero-order valence-electron chi connectivity index (χ0n) is 12.2. The van der Waals surface area contributed by atoms with Crippen molar-refractivity contribution in [2.75, 3.05) is 25.0 Å². The van der Waals surface area contributed by atoms with E-state index in [9.17, 15) is 0 Å². The molecular formula is C15H26N4. The van der Waals surface area contributed by atoms with Crippen molar-refractivity contribution in [1.29, 1.82) is 0 Å². The number of nitrogens with one attached hydrogen (secondary N) is 1. The molecule has 19 heavy (non-hydrogen) atoms. The molecule has 2 fully saturated rings. The Morgan fingerprint density at radius 3 is 2.89 bits per heavy atom. The SMILES string of the molecule is CCCCNc1nc(C)cn1C1CCN(C2CC2)C1. The van der Waals surface area contributed by atoms with Gasteiger partial charge in [-0.3, -0.25) is 4.90 Å². The first-order chi connectivity index (χ1) is 9.28. The van der Waals surface area contributed by atoms with Crippen LogP contribution in [0.3, 0.4) is 0 Å². The first kappa shape index (κ1) is 13.0. The van der Waals surface area contributed by atoms with Gasteiger partial charge in [0.15, 0.2) is 0 Å². The number of likely N-dealkylation sites (tertiary alicyclic amines) is 1. The second-order valence-electron chi connectivity index (χ2n) is 6.06. The maximum absolute atomic E-state index is 4.65. The van der Waals surface area contributed by atoms with Crippen molar-refractivity contribution < 1.29 is 0 Å². The minimum atomic E-state index is 0.617. The first-order valence-electron chi connectivity index (χ1n) is 7.81. The van der Waals surface area contributed by atoms with Gasteiger partial charge in [-0.25, -0.2) is 4.98 Å². The quantitative estimate of drug-likeness (QED) is 0.800. The van der Waals surface area contributed by atoms with Gasteiger partial charge in [-0.05, 0) is 32.6 Å². The van der Waals surface area contributed by atoms with Gasteiger partial charge >= 0.3 is 0 Å². The monoisotopic (exact) mass is 262 g/mol. The summed E-state index contributed by atoms with van der Waals surface area (Å²) in [6.07, 6.45) is 8.76. The highest BCUT2D eigenvalue weighted by atomic mass is 15.3. The van der Waals surface area contributed by atoms with E-state index >= 15 is 0 Å². The summed E-state index contributed by atoms with van der Waals surface area (Å²) in [5.41, 5.74) is 1.13. The number of imidazole rings is 1. The van der Waals surface area contributed by atoms with Crippen molar-refractivity contribution in [1.82, 2.24) is 14.5 Å². The number of hydrogen-bond acceptors (Lipinski definition) is 3. The van der Waals surface area contributed by atoms with Gasteiger partial charge in [-0.15, -0.1) is 0 Å². The Labute approximate surface area is 116 Å². The van der Waals surface area contributed by atoms with Crippen molar-refractivity contribution >= 4 is 5.95 Å². The Kier molecular flexibility index (Phi) is 3.78. The molecule has 0 bridgehead atoms. The maximum Gasteiger partial charge on any atom is 0.203 e. The van der Waals surface area contributed by atoms with Crippen LogP contribution in [0.25, 0.3) is 0 Å². The van der Waals surface area contributed by atoms with Crippen LogP contribution in [0.15, 0.2) is 6.20 Å². The van der Waals surface area contributed by atoms with Gasteiger partial charge in [0, 0.05) is 31.9 Å². The predicted octanol–water partition coefficient (Wildman–Crippen LogP) is 2.81. The lowest BCUT2D eigenvalue weighted by Gasteiger charge is -2.18. The molecule has 2 aliphatic rings. The second kappa shape index (κ2) is 5.53. The lowest BCUT2D eigenvalue weighted by Crippen LogP contribution is -2.24.